The van der Waals surface area contributed by atoms with E-state index in [9.17, 15) is 4.21 Å². The average molecular weight is 544 g/mol. The second kappa shape index (κ2) is 10.4. The molecule has 8 heteroatoms. The van der Waals surface area contributed by atoms with Gasteiger partial charge in [-0.2, -0.15) is 0 Å². The van der Waals surface area contributed by atoms with Crippen molar-refractivity contribution in [3.8, 4) is 22.3 Å². The predicted molar refractivity (Wildman–Crippen MR) is 159 cm³/mol. The third-order valence-corrected chi connectivity index (χ3v) is 9.48. The Hall–Kier alpha value is -3.20. The zero-order valence-corrected chi connectivity index (χ0v) is 23.8. The molecule has 0 radical (unpaired) electrons. The number of nitrogens with one attached hydrogen (secondary N) is 2. The molecule has 0 spiro atoms. The second-order valence-corrected chi connectivity index (χ2v) is 13.2. The average Bonchev–Trinajstić information content (AvgIpc) is 3.36. The molecule has 39 heavy (non-hydrogen) atoms. The highest BCUT2D eigenvalue weighted by molar-refractivity contribution is 7.91. The number of ether oxygens (including phenoxy) is 1. The van der Waals surface area contributed by atoms with Crippen molar-refractivity contribution in [3.05, 3.63) is 66.0 Å². The van der Waals surface area contributed by atoms with Gasteiger partial charge in [-0.25, -0.2) is 14.0 Å². The number of nitrogens with zero attached hydrogens (tertiary/aromatic N) is 3. The van der Waals surface area contributed by atoms with Gasteiger partial charge in [-0.05, 0) is 79.3 Å². The highest BCUT2D eigenvalue weighted by Gasteiger charge is 2.26. The van der Waals surface area contributed by atoms with Gasteiger partial charge in [0, 0.05) is 91.2 Å². The van der Waals surface area contributed by atoms with Crippen molar-refractivity contribution in [1.29, 1.82) is 4.78 Å². The molecule has 2 fully saturated rings. The molecule has 2 saturated heterocycles. The van der Waals surface area contributed by atoms with Gasteiger partial charge in [0.2, 0.25) is 0 Å². The first-order valence-electron chi connectivity index (χ1n) is 13.8. The number of hydrogen-bond acceptors (Lipinski definition) is 6. The van der Waals surface area contributed by atoms with Crippen LogP contribution >= 0.6 is 0 Å². The van der Waals surface area contributed by atoms with Crippen LogP contribution in [0, 0.1) is 18.6 Å². The minimum Gasteiger partial charge on any atom is -0.381 e. The Balaban J connectivity index is 1.25. The molecule has 0 saturated carbocycles. The fourth-order valence-electron chi connectivity index (χ4n) is 6.28. The molecule has 4 heterocycles. The summed E-state index contributed by atoms with van der Waals surface area (Å²) in [6, 6.07) is 14.9. The topological polar surface area (TPSA) is 85.3 Å². The van der Waals surface area contributed by atoms with Crippen LogP contribution < -0.4 is 4.90 Å². The van der Waals surface area contributed by atoms with Gasteiger partial charge in [0.1, 0.15) is 5.65 Å². The van der Waals surface area contributed by atoms with Crippen molar-refractivity contribution in [2.24, 2.45) is 0 Å². The summed E-state index contributed by atoms with van der Waals surface area (Å²) >= 11 is 0. The number of piperazine rings is 1. The van der Waals surface area contributed by atoms with Crippen molar-refractivity contribution in [2.75, 3.05) is 50.5 Å². The van der Waals surface area contributed by atoms with E-state index in [-0.39, 0.29) is 0 Å². The minimum atomic E-state index is -2.73. The lowest BCUT2D eigenvalue weighted by molar-refractivity contribution is 0.0321. The Bertz CT molecular complexity index is 1570. The van der Waals surface area contributed by atoms with Crippen LogP contribution in [0.15, 0.2) is 59.8 Å². The second-order valence-electron chi connectivity index (χ2n) is 11.0. The maximum Gasteiger partial charge on any atom is 0.137 e. The Morgan fingerprint density at radius 3 is 2.26 bits per heavy atom. The number of aromatic amines is 1. The maximum atomic E-state index is 12.1. The normalized spacial score (nSPS) is 18.9. The van der Waals surface area contributed by atoms with E-state index in [2.05, 4.69) is 46.8 Å². The molecule has 7 nitrogen and oxygen atoms in total. The molecule has 0 amide bonds. The summed E-state index contributed by atoms with van der Waals surface area (Å²) in [5.74, 6) is 0. The molecule has 204 valence electrons. The van der Waals surface area contributed by atoms with Gasteiger partial charge in [0.15, 0.2) is 0 Å². The molecule has 4 aromatic rings. The molecule has 6 rings (SSSR count). The van der Waals surface area contributed by atoms with Crippen molar-refractivity contribution >= 4 is 26.4 Å². The van der Waals surface area contributed by atoms with Crippen molar-refractivity contribution < 1.29 is 8.95 Å². The van der Waals surface area contributed by atoms with Gasteiger partial charge in [-0.15, -0.1) is 0 Å². The van der Waals surface area contributed by atoms with Crippen LogP contribution in [-0.2, 0) is 14.5 Å². The van der Waals surface area contributed by atoms with E-state index in [1.54, 1.807) is 12.1 Å². The van der Waals surface area contributed by atoms with E-state index >= 15 is 0 Å². The fourth-order valence-corrected chi connectivity index (χ4v) is 6.93. The predicted octanol–water partition coefficient (Wildman–Crippen LogP) is 5.85. The summed E-state index contributed by atoms with van der Waals surface area (Å²) in [4.78, 5) is 13.8. The molecule has 2 aromatic carbocycles. The van der Waals surface area contributed by atoms with Crippen molar-refractivity contribution in [2.45, 2.75) is 37.6 Å². The largest absolute Gasteiger partial charge is 0.381 e. The number of rotatable bonds is 5. The molecular formula is C31H37N5O2S. The summed E-state index contributed by atoms with van der Waals surface area (Å²) in [6.45, 7) is 10.6. The lowest BCUT2D eigenvalue weighted by Crippen LogP contribution is -2.52. The molecule has 0 aliphatic carbocycles. The quantitative estimate of drug-likeness (QED) is 0.330. The third kappa shape index (κ3) is 5.21. The van der Waals surface area contributed by atoms with Crippen LogP contribution in [0.1, 0.15) is 24.0 Å². The molecule has 2 aliphatic heterocycles. The minimum absolute atomic E-state index is 0.543. The lowest BCUT2D eigenvalue weighted by atomic mass is 9.97. The molecule has 1 unspecified atom stereocenters. The highest BCUT2D eigenvalue weighted by Crippen LogP contribution is 2.35. The summed E-state index contributed by atoms with van der Waals surface area (Å²) in [7, 11) is -2.73. The zero-order valence-electron chi connectivity index (χ0n) is 23.0. The van der Waals surface area contributed by atoms with Crippen LogP contribution in [0.5, 0.6) is 0 Å². The van der Waals surface area contributed by atoms with Crippen LogP contribution in [-0.4, -0.2) is 70.8 Å². The van der Waals surface area contributed by atoms with Gasteiger partial charge in [0.05, 0.1) is 9.73 Å². The Kier molecular flexibility index (Phi) is 6.95. The van der Waals surface area contributed by atoms with E-state index in [1.807, 2.05) is 24.5 Å². The molecule has 0 bridgehead atoms. The first-order valence-corrected chi connectivity index (χ1v) is 15.7. The fraction of sp³-hybridized carbons (Fsp3) is 0.387. The number of H-pyrrole nitrogens is 1. The summed E-state index contributed by atoms with van der Waals surface area (Å²) in [6.07, 6.45) is 7.68. The van der Waals surface area contributed by atoms with Crippen molar-refractivity contribution in [3.63, 3.8) is 0 Å². The van der Waals surface area contributed by atoms with E-state index in [1.165, 1.54) is 28.6 Å². The lowest BCUT2D eigenvalue weighted by Gasteiger charge is -2.42. The number of pyridine rings is 1. The first kappa shape index (κ1) is 26.0. The summed E-state index contributed by atoms with van der Waals surface area (Å²) in [5, 5.41) is 1.05. The van der Waals surface area contributed by atoms with Crippen LogP contribution in [0.25, 0.3) is 33.3 Å². The smallest absolute Gasteiger partial charge is 0.137 e. The van der Waals surface area contributed by atoms with Crippen LogP contribution in [0.4, 0.5) is 5.69 Å². The van der Waals surface area contributed by atoms with Gasteiger partial charge >= 0.3 is 0 Å². The maximum absolute atomic E-state index is 12.1. The number of fused-ring (bicyclic) bond motifs is 1. The molecular weight excluding hydrogens is 506 g/mol. The van der Waals surface area contributed by atoms with Crippen LogP contribution in [0.2, 0.25) is 0 Å². The number of aromatic nitrogens is 2. The summed E-state index contributed by atoms with van der Waals surface area (Å²) in [5.41, 5.74) is 9.12. The van der Waals surface area contributed by atoms with E-state index in [0.29, 0.717) is 10.9 Å². The molecule has 2 aliphatic rings. The molecule has 2 aromatic heterocycles. The van der Waals surface area contributed by atoms with Gasteiger partial charge in [-0.1, -0.05) is 12.1 Å². The number of benzene rings is 2. The van der Waals surface area contributed by atoms with E-state index in [0.717, 1.165) is 80.0 Å². The van der Waals surface area contributed by atoms with Gasteiger partial charge in [0.25, 0.3) is 0 Å². The molecule has 1 atom stereocenters. The summed E-state index contributed by atoms with van der Waals surface area (Å²) < 4.78 is 25.5. The standard InChI is InChI=1S/C31H37N5O2S/c1-21-16-24(17-22(2)30(21)36-12-10-35(11-13-36)26-8-14-38-15-9-26)25-18-28-29(20-34-31(28)33-19-25)23-4-6-27(7-5-23)39(3,32)37/h4-7,16-20,26,32H,8-15H2,1-3H3,(H,33,34). The Labute approximate surface area is 231 Å². The number of hydrogen-bond donors (Lipinski definition) is 2. The number of aryl methyl sites for hydroxylation is 2. The van der Waals surface area contributed by atoms with Gasteiger partial charge in [-0.3, -0.25) is 4.90 Å². The Morgan fingerprint density at radius 1 is 0.949 bits per heavy atom. The highest BCUT2D eigenvalue weighted by atomic mass is 32.2. The Morgan fingerprint density at radius 2 is 1.62 bits per heavy atom. The van der Waals surface area contributed by atoms with Crippen LogP contribution in [0.3, 0.4) is 0 Å². The SMILES string of the molecule is Cc1cc(-c2cnc3[nH]cc(-c4ccc(S(C)(=N)=O)cc4)c3c2)cc(C)c1N1CCN(C2CCOCC2)CC1. The van der Waals surface area contributed by atoms with Crippen molar-refractivity contribution in [1.82, 2.24) is 14.9 Å². The van der Waals surface area contributed by atoms with E-state index in [4.69, 9.17) is 14.5 Å². The zero-order chi connectivity index (χ0) is 27.1. The number of anilines is 1. The van der Waals surface area contributed by atoms with E-state index < -0.39 is 9.73 Å². The molecule has 2 N–H and O–H groups in total. The third-order valence-electron chi connectivity index (χ3n) is 8.31. The monoisotopic (exact) mass is 543 g/mol. The van der Waals surface area contributed by atoms with Gasteiger partial charge < -0.3 is 14.6 Å². The first-order chi connectivity index (χ1) is 18.8.